The highest BCUT2D eigenvalue weighted by atomic mass is 16.5. The largest absolute Gasteiger partial charge is 0.373 e. The maximum Gasteiger partial charge on any atom is 0.109 e. The Morgan fingerprint density at radius 3 is 2.68 bits per heavy atom. The molecule has 4 bridgehead atoms. The van der Waals surface area contributed by atoms with Gasteiger partial charge in [-0.05, 0) is 59.0 Å². The molecule has 4 heteroatoms. The Morgan fingerprint density at radius 2 is 2.04 bits per heavy atom. The predicted molar refractivity (Wildman–Crippen MR) is 102 cm³/mol. The topological polar surface area (TPSA) is 48.7 Å². The molecule has 5 aliphatic rings. The third-order valence-electron chi connectivity index (χ3n) is 6.50. The highest BCUT2D eigenvalue weighted by molar-refractivity contribution is 5.96. The number of nitrogens with zero attached hydrogens (tertiary/aromatic N) is 2. The summed E-state index contributed by atoms with van der Waals surface area (Å²) in [6.45, 7) is 6.30. The monoisotopic (exact) mass is 341 g/mol. The second-order valence-electron chi connectivity index (χ2n) is 8.34. The number of nitrogens with one attached hydrogen (secondary N) is 1. The molecule has 4 unspecified atom stereocenters. The fourth-order valence-electron chi connectivity index (χ4n) is 4.90. The molecule has 1 aliphatic carbocycles. The van der Waals surface area contributed by atoms with E-state index in [0.717, 1.165) is 37.1 Å². The summed E-state index contributed by atoms with van der Waals surface area (Å²) in [4.78, 5) is 7.55. The van der Waals surface area contributed by atoms with Gasteiger partial charge in [-0.3, -0.25) is 0 Å². The van der Waals surface area contributed by atoms with Gasteiger partial charge >= 0.3 is 0 Å². The van der Waals surface area contributed by atoms with Crippen LogP contribution in [0.15, 0.2) is 28.4 Å². The van der Waals surface area contributed by atoms with Crippen LogP contribution in [0.5, 0.6) is 0 Å². The molecule has 4 nitrogen and oxygen atoms in total. The predicted octanol–water partition coefficient (Wildman–Crippen LogP) is 4.47. The van der Waals surface area contributed by atoms with Crippen molar-refractivity contribution in [2.24, 2.45) is 10.9 Å². The molecule has 0 radical (unpaired) electrons. The van der Waals surface area contributed by atoms with E-state index in [-0.39, 0.29) is 0 Å². The molecule has 1 N–H and O–H groups in total. The summed E-state index contributed by atoms with van der Waals surface area (Å²) in [5, 5.41) is 8.31. The van der Waals surface area contributed by atoms with Crippen LogP contribution in [0.1, 0.15) is 65.7 Å². The van der Waals surface area contributed by atoms with Gasteiger partial charge in [0.25, 0.3) is 0 Å². The van der Waals surface area contributed by atoms with Crippen molar-refractivity contribution in [1.29, 1.82) is 5.41 Å². The van der Waals surface area contributed by atoms with Crippen molar-refractivity contribution in [3.05, 3.63) is 23.4 Å². The quantitative estimate of drug-likeness (QED) is 0.592. The maximum absolute atomic E-state index is 8.31. The molecule has 136 valence electrons. The van der Waals surface area contributed by atoms with Gasteiger partial charge in [0.2, 0.25) is 0 Å². The number of allylic oxidation sites excluding steroid dienone is 3. The molecular weight excluding hydrogens is 310 g/mol. The minimum atomic E-state index is 0.414. The summed E-state index contributed by atoms with van der Waals surface area (Å²) in [6, 6.07) is 1.12. The van der Waals surface area contributed by atoms with Crippen molar-refractivity contribution in [1.82, 2.24) is 4.90 Å². The Kier molecular flexibility index (Phi) is 4.57. The van der Waals surface area contributed by atoms with E-state index < -0.39 is 0 Å². The van der Waals surface area contributed by atoms with Gasteiger partial charge in [0.05, 0.1) is 18.2 Å². The number of ether oxygens (including phenoxy) is 1. The molecular formula is C21H31N3O. The number of piperidine rings is 1. The van der Waals surface area contributed by atoms with Crippen molar-refractivity contribution < 1.29 is 4.74 Å². The summed E-state index contributed by atoms with van der Waals surface area (Å²) in [6.07, 6.45) is 13.1. The van der Waals surface area contributed by atoms with Crippen molar-refractivity contribution >= 4 is 11.5 Å². The Hall–Kier alpha value is -1.42. The SMILES string of the molecule is CC=C(C)N=C(C/C(C)=C\C(=N)C1CCC1)N1C2CC3CC1C(C2)O3. The minimum absolute atomic E-state index is 0.414. The van der Waals surface area contributed by atoms with Crippen LogP contribution in [0, 0.1) is 11.3 Å². The van der Waals surface area contributed by atoms with Crippen LogP contribution in [0.4, 0.5) is 0 Å². The molecule has 5 rings (SSSR count). The first-order chi connectivity index (χ1) is 12.0. The molecule has 4 atom stereocenters. The van der Waals surface area contributed by atoms with E-state index in [0.29, 0.717) is 30.2 Å². The standard InChI is InChI=1S/C21H31N3O/c1-4-14(3)23-21(9-13(2)8-18(22)15-6-5-7-15)24-16-10-17-12-19(24)20(11-16)25-17/h4,8,15-17,19-20,22H,5-7,9-12H2,1-3H3/b13-8-,14-4?,22-18?,23-21?. The highest BCUT2D eigenvalue weighted by Crippen LogP contribution is 2.46. The van der Waals surface area contributed by atoms with Crippen molar-refractivity contribution in [2.45, 2.75) is 90.0 Å². The van der Waals surface area contributed by atoms with Gasteiger partial charge in [-0.15, -0.1) is 0 Å². The van der Waals surface area contributed by atoms with Gasteiger partial charge in [-0.25, -0.2) is 4.99 Å². The first-order valence-corrected chi connectivity index (χ1v) is 9.95. The second kappa shape index (κ2) is 6.71. The first-order valence-electron chi connectivity index (χ1n) is 9.95. The number of aliphatic imine (C=N–C) groups is 1. The molecule has 4 aliphatic heterocycles. The van der Waals surface area contributed by atoms with Gasteiger partial charge in [-0.1, -0.05) is 18.1 Å². The molecule has 4 heterocycles. The van der Waals surface area contributed by atoms with E-state index in [2.05, 4.69) is 37.8 Å². The Labute approximate surface area is 151 Å². The van der Waals surface area contributed by atoms with Gasteiger partial charge in [0, 0.05) is 29.8 Å². The van der Waals surface area contributed by atoms with Crippen LogP contribution < -0.4 is 0 Å². The smallest absolute Gasteiger partial charge is 0.109 e. The summed E-state index contributed by atoms with van der Waals surface area (Å²) in [5.41, 5.74) is 3.16. The lowest BCUT2D eigenvalue weighted by Crippen LogP contribution is -2.46. The summed E-state index contributed by atoms with van der Waals surface area (Å²) >= 11 is 0. The van der Waals surface area contributed by atoms with Crippen molar-refractivity contribution in [3.8, 4) is 0 Å². The highest BCUT2D eigenvalue weighted by Gasteiger charge is 2.54. The Morgan fingerprint density at radius 1 is 1.24 bits per heavy atom. The lowest BCUT2D eigenvalue weighted by atomic mass is 9.81. The average molecular weight is 341 g/mol. The zero-order valence-electron chi connectivity index (χ0n) is 15.8. The van der Waals surface area contributed by atoms with Gasteiger partial charge in [-0.2, -0.15) is 0 Å². The van der Waals surface area contributed by atoms with Crippen LogP contribution in [-0.4, -0.2) is 40.7 Å². The van der Waals surface area contributed by atoms with E-state index in [1.165, 1.54) is 30.7 Å². The van der Waals surface area contributed by atoms with E-state index in [1.807, 2.05) is 0 Å². The molecule has 5 fully saturated rings. The minimum Gasteiger partial charge on any atom is -0.373 e. The van der Waals surface area contributed by atoms with Crippen LogP contribution >= 0.6 is 0 Å². The lowest BCUT2D eigenvalue weighted by Gasteiger charge is -2.37. The third-order valence-corrected chi connectivity index (χ3v) is 6.50. The van der Waals surface area contributed by atoms with E-state index in [9.17, 15) is 0 Å². The molecule has 0 amide bonds. The molecule has 0 aromatic rings. The van der Waals surface area contributed by atoms with Crippen LogP contribution in [0.25, 0.3) is 0 Å². The molecule has 25 heavy (non-hydrogen) atoms. The van der Waals surface area contributed by atoms with Crippen LogP contribution in [-0.2, 0) is 4.74 Å². The van der Waals surface area contributed by atoms with Crippen LogP contribution in [0.2, 0.25) is 0 Å². The number of amidine groups is 1. The van der Waals surface area contributed by atoms with Gasteiger partial charge in [0.15, 0.2) is 0 Å². The zero-order chi connectivity index (χ0) is 17.6. The molecule has 0 aromatic heterocycles. The van der Waals surface area contributed by atoms with Crippen molar-refractivity contribution in [2.75, 3.05) is 0 Å². The maximum atomic E-state index is 8.31. The summed E-state index contributed by atoms with van der Waals surface area (Å²) < 4.78 is 6.13. The summed E-state index contributed by atoms with van der Waals surface area (Å²) in [5.74, 6) is 1.69. The average Bonchev–Trinajstić information content (AvgIpc) is 2.92. The zero-order valence-corrected chi connectivity index (χ0v) is 15.8. The third kappa shape index (κ3) is 3.21. The number of hydrogen-bond donors (Lipinski definition) is 1. The lowest BCUT2D eigenvalue weighted by molar-refractivity contribution is 0.00749. The molecule has 0 aromatic carbocycles. The van der Waals surface area contributed by atoms with E-state index in [4.69, 9.17) is 15.1 Å². The number of rotatable bonds is 5. The fraction of sp³-hybridized carbons (Fsp3) is 0.714. The van der Waals surface area contributed by atoms with Crippen LogP contribution in [0.3, 0.4) is 0 Å². The summed E-state index contributed by atoms with van der Waals surface area (Å²) in [7, 11) is 0. The molecule has 4 saturated heterocycles. The Bertz CT molecular complexity index is 640. The fourth-order valence-corrected chi connectivity index (χ4v) is 4.90. The van der Waals surface area contributed by atoms with E-state index >= 15 is 0 Å². The normalized spacial score (nSPS) is 35.5. The van der Waals surface area contributed by atoms with Gasteiger partial charge < -0.3 is 15.0 Å². The molecule has 0 spiro atoms. The van der Waals surface area contributed by atoms with Gasteiger partial charge in [0.1, 0.15) is 5.84 Å². The second-order valence-corrected chi connectivity index (χ2v) is 8.34. The van der Waals surface area contributed by atoms with Crippen molar-refractivity contribution in [3.63, 3.8) is 0 Å². The molecule has 1 saturated carbocycles. The Balaban J connectivity index is 1.54. The number of hydrogen-bond acceptors (Lipinski definition) is 3. The van der Waals surface area contributed by atoms with E-state index in [1.54, 1.807) is 0 Å². The first kappa shape index (κ1) is 17.0.